The third-order valence-electron chi connectivity index (χ3n) is 4.85. The van der Waals surface area contributed by atoms with Crippen LogP contribution in [0.3, 0.4) is 0 Å². The zero-order valence-corrected chi connectivity index (χ0v) is 13.5. The SMILES string of the molecule is CCc1ccc(OCC(O)CNC2CCC(C)C2C)cc1. The van der Waals surface area contributed by atoms with Gasteiger partial charge in [-0.3, -0.25) is 0 Å². The van der Waals surface area contributed by atoms with E-state index in [0.29, 0.717) is 25.1 Å². The summed E-state index contributed by atoms with van der Waals surface area (Å²) in [6.45, 7) is 7.69. The lowest BCUT2D eigenvalue weighted by molar-refractivity contribution is 0.102. The highest BCUT2D eigenvalue weighted by molar-refractivity contribution is 5.27. The van der Waals surface area contributed by atoms with E-state index in [1.165, 1.54) is 18.4 Å². The minimum Gasteiger partial charge on any atom is -0.491 e. The summed E-state index contributed by atoms with van der Waals surface area (Å²) < 4.78 is 5.64. The minimum absolute atomic E-state index is 0.342. The number of hydrogen-bond acceptors (Lipinski definition) is 3. The molecule has 1 aromatic rings. The Morgan fingerprint density at radius 3 is 2.52 bits per heavy atom. The molecule has 2 N–H and O–H groups in total. The zero-order chi connectivity index (χ0) is 15.2. The lowest BCUT2D eigenvalue weighted by Crippen LogP contribution is -2.39. The van der Waals surface area contributed by atoms with E-state index < -0.39 is 6.10 Å². The number of aliphatic hydroxyl groups is 1. The van der Waals surface area contributed by atoms with Gasteiger partial charge in [0.2, 0.25) is 0 Å². The monoisotopic (exact) mass is 291 g/mol. The van der Waals surface area contributed by atoms with E-state index in [4.69, 9.17) is 4.74 Å². The van der Waals surface area contributed by atoms with E-state index in [-0.39, 0.29) is 0 Å². The maximum Gasteiger partial charge on any atom is 0.119 e. The molecule has 0 aromatic heterocycles. The molecule has 21 heavy (non-hydrogen) atoms. The van der Waals surface area contributed by atoms with Crippen molar-refractivity contribution >= 4 is 0 Å². The third kappa shape index (κ3) is 4.72. The number of benzene rings is 1. The van der Waals surface area contributed by atoms with Crippen LogP contribution in [0.2, 0.25) is 0 Å². The van der Waals surface area contributed by atoms with Crippen LogP contribution in [0.5, 0.6) is 5.75 Å². The molecule has 0 spiro atoms. The van der Waals surface area contributed by atoms with Crippen LogP contribution in [0, 0.1) is 11.8 Å². The molecule has 3 nitrogen and oxygen atoms in total. The minimum atomic E-state index is -0.459. The van der Waals surface area contributed by atoms with Crippen molar-refractivity contribution in [3.8, 4) is 5.75 Å². The molecule has 0 amide bonds. The summed E-state index contributed by atoms with van der Waals surface area (Å²) in [5, 5.41) is 13.5. The van der Waals surface area contributed by atoms with Gasteiger partial charge in [0.05, 0.1) is 0 Å². The number of ether oxygens (including phenoxy) is 1. The molecule has 0 aliphatic heterocycles. The molecular weight excluding hydrogens is 262 g/mol. The number of aliphatic hydroxyl groups excluding tert-OH is 1. The fraction of sp³-hybridized carbons (Fsp3) is 0.667. The Hall–Kier alpha value is -1.06. The van der Waals surface area contributed by atoms with Crippen LogP contribution in [0.1, 0.15) is 39.2 Å². The Balaban J connectivity index is 1.68. The molecular formula is C18H29NO2. The van der Waals surface area contributed by atoms with Crippen molar-refractivity contribution < 1.29 is 9.84 Å². The van der Waals surface area contributed by atoms with E-state index in [0.717, 1.165) is 18.1 Å². The van der Waals surface area contributed by atoms with Crippen molar-refractivity contribution in [1.29, 1.82) is 0 Å². The van der Waals surface area contributed by atoms with E-state index >= 15 is 0 Å². The Morgan fingerprint density at radius 1 is 1.24 bits per heavy atom. The Labute approximate surface area is 128 Å². The van der Waals surface area contributed by atoms with E-state index in [2.05, 4.69) is 38.2 Å². The highest BCUT2D eigenvalue weighted by Crippen LogP contribution is 2.30. The molecule has 4 atom stereocenters. The Bertz CT molecular complexity index is 418. The fourth-order valence-electron chi connectivity index (χ4n) is 3.01. The standard InChI is InChI=1S/C18H29NO2/c1-4-15-6-8-17(9-7-15)21-12-16(20)11-19-18-10-5-13(2)14(18)3/h6-9,13-14,16,18-20H,4-5,10-12H2,1-3H3. The molecule has 0 radical (unpaired) electrons. The smallest absolute Gasteiger partial charge is 0.119 e. The van der Waals surface area contributed by atoms with Crippen LogP contribution in [0.25, 0.3) is 0 Å². The highest BCUT2D eigenvalue weighted by Gasteiger charge is 2.29. The average molecular weight is 291 g/mol. The van der Waals surface area contributed by atoms with Gasteiger partial charge in [0.1, 0.15) is 18.5 Å². The molecule has 1 aromatic carbocycles. The normalized spacial score (nSPS) is 26.8. The molecule has 2 rings (SSSR count). The maximum absolute atomic E-state index is 10.0. The molecule has 0 heterocycles. The second-order valence-electron chi connectivity index (χ2n) is 6.39. The van der Waals surface area contributed by atoms with Gasteiger partial charge in [0.25, 0.3) is 0 Å². The number of hydrogen-bond donors (Lipinski definition) is 2. The first-order chi connectivity index (χ1) is 10.1. The molecule has 1 aliphatic carbocycles. The highest BCUT2D eigenvalue weighted by atomic mass is 16.5. The van der Waals surface area contributed by atoms with Crippen molar-refractivity contribution in [2.45, 2.75) is 52.2 Å². The van der Waals surface area contributed by atoms with Gasteiger partial charge in [-0.2, -0.15) is 0 Å². The summed E-state index contributed by atoms with van der Waals surface area (Å²) in [4.78, 5) is 0. The quantitative estimate of drug-likeness (QED) is 0.811. The molecule has 4 unspecified atom stereocenters. The molecule has 118 valence electrons. The fourth-order valence-corrected chi connectivity index (χ4v) is 3.01. The predicted octanol–water partition coefficient (Wildman–Crippen LogP) is 3.01. The first-order valence-electron chi connectivity index (χ1n) is 8.23. The molecule has 0 saturated heterocycles. The second-order valence-corrected chi connectivity index (χ2v) is 6.39. The Kier molecular flexibility index (Phi) is 6.07. The van der Waals surface area contributed by atoms with Crippen LogP contribution in [-0.2, 0) is 6.42 Å². The van der Waals surface area contributed by atoms with Gasteiger partial charge in [-0.05, 0) is 48.8 Å². The molecule has 3 heteroatoms. The van der Waals surface area contributed by atoms with Crippen molar-refractivity contribution in [3.63, 3.8) is 0 Å². The first-order valence-corrected chi connectivity index (χ1v) is 8.23. The topological polar surface area (TPSA) is 41.5 Å². The maximum atomic E-state index is 10.0. The van der Waals surface area contributed by atoms with Crippen molar-refractivity contribution in [2.24, 2.45) is 11.8 Å². The molecule has 1 fully saturated rings. The largest absolute Gasteiger partial charge is 0.491 e. The van der Waals surface area contributed by atoms with Crippen LogP contribution in [0.4, 0.5) is 0 Å². The van der Waals surface area contributed by atoms with Crippen LogP contribution >= 0.6 is 0 Å². The van der Waals surface area contributed by atoms with E-state index in [1.54, 1.807) is 0 Å². The summed E-state index contributed by atoms with van der Waals surface area (Å²) in [6.07, 6.45) is 3.08. The second kappa shape index (κ2) is 7.81. The van der Waals surface area contributed by atoms with Crippen LogP contribution in [-0.4, -0.2) is 30.4 Å². The third-order valence-corrected chi connectivity index (χ3v) is 4.85. The predicted molar refractivity (Wildman–Crippen MR) is 86.7 cm³/mol. The summed E-state index contributed by atoms with van der Waals surface area (Å²) in [6, 6.07) is 8.63. The zero-order valence-electron chi connectivity index (χ0n) is 13.5. The van der Waals surface area contributed by atoms with Crippen LogP contribution in [0.15, 0.2) is 24.3 Å². The lowest BCUT2D eigenvalue weighted by atomic mass is 9.98. The van der Waals surface area contributed by atoms with Gasteiger partial charge in [-0.1, -0.05) is 32.9 Å². The van der Waals surface area contributed by atoms with Gasteiger partial charge in [0, 0.05) is 12.6 Å². The number of rotatable bonds is 7. The van der Waals surface area contributed by atoms with Gasteiger partial charge >= 0.3 is 0 Å². The summed E-state index contributed by atoms with van der Waals surface area (Å²) in [5.41, 5.74) is 1.30. The lowest BCUT2D eigenvalue weighted by Gasteiger charge is -2.21. The van der Waals surface area contributed by atoms with E-state index in [9.17, 15) is 5.11 Å². The number of aryl methyl sites for hydroxylation is 1. The van der Waals surface area contributed by atoms with Crippen LogP contribution < -0.4 is 10.1 Å². The van der Waals surface area contributed by atoms with Crippen molar-refractivity contribution in [1.82, 2.24) is 5.32 Å². The molecule has 0 bridgehead atoms. The van der Waals surface area contributed by atoms with Gasteiger partial charge in [0.15, 0.2) is 0 Å². The molecule has 1 saturated carbocycles. The molecule has 1 aliphatic rings. The van der Waals surface area contributed by atoms with Gasteiger partial charge in [-0.15, -0.1) is 0 Å². The average Bonchev–Trinajstić information content (AvgIpc) is 2.83. The van der Waals surface area contributed by atoms with E-state index in [1.807, 2.05) is 12.1 Å². The summed E-state index contributed by atoms with van der Waals surface area (Å²) in [5.74, 6) is 2.31. The van der Waals surface area contributed by atoms with Crippen molar-refractivity contribution in [3.05, 3.63) is 29.8 Å². The Morgan fingerprint density at radius 2 is 1.95 bits per heavy atom. The van der Waals surface area contributed by atoms with Gasteiger partial charge < -0.3 is 15.2 Å². The van der Waals surface area contributed by atoms with Crippen molar-refractivity contribution in [2.75, 3.05) is 13.2 Å². The summed E-state index contributed by atoms with van der Waals surface area (Å²) in [7, 11) is 0. The number of nitrogens with one attached hydrogen (secondary N) is 1. The van der Waals surface area contributed by atoms with Gasteiger partial charge in [-0.25, -0.2) is 0 Å². The first kappa shape index (κ1) is 16.3. The summed E-state index contributed by atoms with van der Waals surface area (Å²) >= 11 is 0.